The van der Waals surface area contributed by atoms with Crippen LogP contribution in [0, 0.1) is 0 Å². The molecule has 0 aliphatic heterocycles. The van der Waals surface area contributed by atoms with Crippen LogP contribution in [0.5, 0.6) is 0 Å². The maximum Gasteiger partial charge on any atom is 0.276 e. The number of halogens is 1. The lowest BCUT2D eigenvalue weighted by Crippen LogP contribution is -2.13. The third-order valence-electron chi connectivity index (χ3n) is 2.30. The number of anilines is 1. The fraction of sp³-hybridized carbons (Fsp3) is 0.250. The molecule has 0 fully saturated rings. The number of pyridine rings is 1. The minimum atomic E-state index is -0.331. The Morgan fingerprint density at radius 2 is 2.22 bits per heavy atom. The van der Waals surface area contributed by atoms with Crippen molar-refractivity contribution in [3.8, 4) is 0 Å². The van der Waals surface area contributed by atoms with Gasteiger partial charge < -0.3 is 4.52 Å². The normalized spacial score (nSPS) is 10.7. The summed E-state index contributed by atoms with van der Waals surface area (Å²) in [5, 5.41) is 6.47. The number of amides is 1. The minimum absolute atomic E-state index is 0.253. The minimum Gasteiger partial charge on any atom is -0.338 e. The molecule has 0 aliphatic carbocycles. The molecule has 0 saturated heterocycles. The molecule has 94 valence electrons. The lowest BCUT2D eigenvalue weighted by Gasteiger charge is -2.00. The number of hydrogen-bond acceptors (Lipinski definition) is 4. The molecule has 2 aromatic rings. The van der Waals surface area contributed by atoms with E-state index in [0.29, 0.717) is 16.2 Å². The van der Waals surface area contributed by atoms with Crippen LogP contribution in [0.3, 0.4) is 0 Å². The van der Waals surface area contributed by atoms with E-state index < -0.39 is 0 Å². The van der Waals surface area contributed by atoms with Gasteiger partial charge in [0.05, 0.1) is 5.69 Å². The summed E-state index contributed by atoms with van der Waals surface area (Å²) in [6.45, 7) is 4.00. The van der Waals surface area contributed by atoms with Crippen molar-refractivity contribution in [2.75, 3.05) is 5.32 Å². The van der Waals surface area contributed by atoms with Gasteiger partial charge in [0, 0.05) is 6.07 Å². The van der Waals surface area contributed by atoms with E-state index in [-0.39, 0.29) is 11.8 Å². The van der Waals surface area contributed by atoms with Crippen LogP contribution in [0.15, 0.2) is 33.4 Å². The van der Waals surface area contributed by atoms with Crippen molar-refractivity contribution in [3.05, 3.63) is 40.3 Å². The van der Waals surface area contributed by atoms with Gasteiger partial charge in [-0.15, -0.1) is 0 Å². The smallest absolute Gasteiger partial charge is 0.276 e. The van der Waals surface area contributed by atoms with Gasteiger partial charge in [0.15, 0.2) is 0 Å². The molecule has 0 radical (unpaired) electrons. The molecule has 2 rings (SSSR count). The Bertz CT molecular complexity index is 566. The zero-order chi connectivity index (χ0) is 13.1. The molecule has 2 aromatic heterocycles. The van der Waals surface area contributed by atoms with Crippen LogP contribution in [0.25, 0.3) is 0 Å². The Kier molecular flexibility index (Phi) is 3.76. The molecule has 0 aliphatic rings. The Labute approximate surface area is 113 Å². The van der Waals surface area contributed by atoms with Crippen molar-refractivity contribution >= 4 is 27.7 Å². The molecule has 0 saturated carbocycles. The van der Waals surface area contributed by atoms with Gasteiger partial charge in [-0.3, -0.25) is 10.1 Å². The molecule has 0 aromatic carbocycles. The summed E-state index contributed by atoms with van der Waals surface area (Å²) in [5.41, 5.74) is 1.11. The van der Waals surface area contributed by atoms with Gasteiger partial charge in [-0.2, -0.15) is 0 Å². The van der Waals surface area contributed by atoms with Crippen molar-refractivity contribution in [1.29, 1.82) is 0 Å². The standard InChI is InChI=1S/C12H12BrN3O2/c1-7(2)9-6-11(18-16-9)15-12(17)8-4-3-5-10(13)14-8/h3-7H,1-2H3,(H,15,17). The SMILES string of the molecule is CC(C)c1cc(NC(=O)c2cccc(Br)n2)on1. The van der Waals surface area contributed by atoms with E-state index in [1.54, 1.807) is 24.3 Å². The molecular formula is C12H12BrN3O2. The van der Waals surface area contributed by atoms with Gasteiger partial charge in [-0.05, 0) is 34.0 Å². The molecule has 5 nitrogen and oxygen atoms in total. The third-order valence-corrected chi connectivity index (χ3v) is 2.75. The van der Waals surface area contributed by atoms with E-state index in [4.69, 9.17) is 4.52 Å². The quantitative estimate of drug-likeness (QED) is 0.884. The average molecular weight is 310 g/mol. The summed E-state index contributed by atoms with van der Waals surface area (Å²) in [7, 11) is 0. The van der Waals surface area contributed by atoms with Crippen LogP contribution in [0.2, 0.25) is 0 Å². The Morgan fingerprint density at radius 3 is 2.83 bits per heavy atom. The maximum atomic E-state index is 11.9. The van der Waals surface area contributed by atoms with Crippen molar-refractivity contribution in [1.82, 2.24) is 10.1 Å². The van der Waals surface area contributed by atoms with Crippen molar-refractivity contribution in [2.45, 2.75) is 19.8 Å². The second kappa shape index (κ2) is 5.30. The van der Waals surface area contributed by atoms with Crippen molar-refractivity contribution in [3.63, 3.8) is 0 Å². The van der Waals surface area contributed by atoms with E-state index in [0.717, 1.165) is 5.69 Å². The summed E-state index contributed by atoms with van der Waals surface area (Å²) in [6.07, 6.45) is 0. The Balaban J connectivity index is 2.11. The third kappa shape index (κ3) is 2.95. The lowest BCUT2D eigenvalue weighted by atomic mass is 10.1. The van der Waals surface area contributed by atoms with Crippen LogP contribution in [0.4, 0.5) is 5.88 Å². The Hall–Kier alpha value is -1.69. The molecule has 0 bridgehead atoms. The second-order valence-corrected chi connectivity index (χ2v) is 4.88. The maximum absolute atomic E-state index is 11.9. The summed E-state index contributed by atoms with van der Waals surface area (Å²) >= 11 is 3.21. The molecule has 1 N–H and O–H groups in total. The van der Waals surface area contributed by atoms with Gasteiger partial charge in [-0.1, -0.05) is 25.1 Å². The Morgan fingerprint density at radius 1 is 1.44 bits per heavy atom. The van der Waals surface area contributed by atoms with Crippen LogP contribution >= 0.6 is 15.9 Å². The number of carbonyl (C=O) groups excluding carboxylic acids is 1. The van der Waals surface area contributed by atoms with Gasteiger partial charge in [0.25, 0.3) is 5.91 Å². The number of nitrogens with one attached hydrogen (secondary N) is 1. The summed E-state index contributed by atoms with van der Waals surface area (Å²) < 4.78 is 5.63. The zero-order valence-corrected chi connectivity index (χ0v) is 11.6. The molecular weight excluding hydrogens is 298 g/mol. The predicted molar refractivity (Wildman–Crippen MR) is 70.5 cm³/mol. The van der Waals surface area contributed by atoms with Crippen molar-refractivity contribution in [2.24, 2.45) is 0 Å². The number of carbonyl (C=O) groups is 1. The number of aromatic nitrogens is 2. The summed E-state index contributed by atoms with van der Waals surface area (Å²) in [4.78, 5) is 15.9. The molecule has 18 heavy (non-hydrogen) atoms. The highest BCUT2D eigenvalue weighted by molar-refractivity contribution is 9.10. The van der Waals surface area contributed by atoms with Crippen LogP contribution < -0.4 is 5.32 Å². The van der Waals surface area contributed by atoms with Crippen LogP contribution in [0.1, 0.15) is 35.9 Å². The molecule has 6 heteroatoms. The zero-order valence-electron chi connectivity index (χ0n) is 9.98. The van der Waals surface area contributed by atoms with Crippen LogP contribution in [-0.2, 0) is 0 Å². The van der Waals surface area contributed by atoms with Crippen molar-refractivity contribution < 1.29 is 9.32 Å². The highest BCUT2D eigenvalue weighted by Gasteiger charge is 2.12. The van der Waals surface area contributed by atoms with Gasteiger partial charge in [-0.25, -0.2) is 4.98 Å². The second-order valence-electron chi connectivity index (χ2n) is 4.07. The molecule has 0 unspecified atom stereocenters. The summed E-state index contributed by atoms with van der Waals surface area (Å²) in [6, 6.07) is 6.83. The molecule has 0 spiro atoms. The fourth-order valence-corrected chi connectivity index (χ4v) is 1.67. The number of hydrogen-bond donors (Lipinski definition) is 1. The first-order chi connectivity index (χ1) is 8.56. The number of rotatable bonds is 3. The van der Waals surface area contributed by atoms with E-state index in [9.17, 15) is 4.79 Å². The first kappa shape index (κ1) is 12.8. The highest BCUT2D eigenvalue weighted by atomic mass is 79.9. The van der Waals surface area contributed by atoms with E-state index in [2.05, 4.69) is 31.4 Å². The molecule has 1 amide bonds. The average Bonchev–Trinajstić information content (AvgIpc) is 2.77. The van der Waals surface area contributed by atoms with E-state index in [1.807, 2.05) is 13.8 Å². The van der Waals surface area contributed by atoms with E-state index >= 15 is 0 Å². The molecule has 2 heterocycles. The van der Waals surface area contributed by atoms with E-state index in [1.165, 1.54) is 0 Å². The van der Waals surface area contributed by atoms with Gasteiger partial charge in [0.2, 0.25) is 5.88 Å². The first-order valence-corrected chi connectivity index (χ1v) is 6.26. The van der Waals surface area contributed by atoms with Crippen LogP contribution in [-0.4, -0.2) is 16.0 Å². The number of nitrogens with zero attached hydrogens (tertiary/aromatic N) is 2. The monoisotopic (exact) mass is 309 g/mol. The fourth-order valence-electron chi connectivity index (χ4n) is 1.33. The topological polar surface area (TPSA) is 68.0 Å². The summed E-state index contributed by atoms with van der Waals surface area (Å²) in [5.74, 6) is 0.247. The van der Waals surface area contributed by atoms with Gasteiger partial charge >= 0.3 is 0 Å². The first-order valence-electron chi connectivity index (χ1n) is 5.47. The molecule has 0 atom stereocenters. The lowest BCUT2D eigenvalue weighted by molar-refractivity contribution is 0.101. The predicted octanol–water partition coefficient (Wildman–Crippen LogP) is 3.21. The largest absolute Gasteiger partial charge is 0.338 e. The highest BCUT2D eigenvalue weighted by Crippen LogP contribution is 2.18. The van der Waals surface area contributed by atoms with Gasteiger partial charge in [0.1, 0.15) is 10.3 Å².